The first-order chi connectivity index (χ1) is 8.36. The van der Waals surface area contributed by atoms with Gasteiger partial charge in [0.05, 0.1) is 17.1 Å². The van der Waals surface area contributed by atoms with Crippen molar-refractivity contribution in [3.05, 3.63) is 0 Å². The average molecular weight is 249 g/mol. The smallest absolute Gasteiger partial charge is 0.0860 e. The van der Waals surface area contributed by atoms with Crippen LogP contribution in [0.25, 0.3) is 0 Å². The maximum atomic E-state index is 11.0. The molecule has 0 bridgehead atoms. The zero-order valence-electron chi connectivity index (χ0n) is 12.1. The molecular weight excluding hydrogens is 222 g/mol. The van der Waals surface area contributed by atoms with Crippen LogP contribution in [-0.4, -0.2) is 10.7 Å². The van der Waals surface area contributed by atoms with E-state index < -0.39 is 11.0 Å². The van der Waals surface area contributed by atoms with Crippen LogP contribution in [0.15, 0.2) is 0 Å². The molecule has 0 aromatic heterocycles. The largest absolute Gasteiger partial charge is 0.388 e. The quantitative estimate of drug-likeness (QED) is 0.802. The third kappa shape index (κ3) is 2.18. The Balaban J connectivity index is 2.17. The summed E-state index contributed by atoms with van der Waals surface area (Å²) in [4.78, 5) is 0. The van der Waals surface area contributed by atoms with Crippen molar-refractivity contribution >= 4 is 0 Å². The Morgan fingerprint density at radius 2 is 1.78 bits per heavy atom. The molecule has 2 nitrogen and oxygen atoms in total. The first kappa shape index (κ1) is 13.9. The van der Waals surface area contributed by atoms with Crippen molar-refractivity contribution in [2.45, 2.75) is 77.7 Å². The van der Waals surface area contributed by atoms with Crippen molar-refractivity contribution in [3.63, 3.8) is 0 Å². The van der Waals surface area contributed by atoms with E-state index in [9.17, 15) is 10.4 Å². The van der Waals surface area contributed by atoms with E-state index >= 15 is 0 Å². The molecule has 2 heteroatoms. The maximum Gasteiger partial charge on any atom is 0.0860 e. The summed E-state index contributed by atoms with van der Waals surface area (Å²) in [7, 11) is 0. The molecule has 2 fully saturated rings. The van der Waals surface area contributed by atoms with Gasteiger partial charge in [-0.3, -0.25) is 0 Å². The van der Waals surface area contributed by atoms with Gasteiger partial charge in [0.1, 0.15) is 0 Å². The van der Waals surface area contributed by atoms with Crippen LogP contribution in [0.2, 0.25) is 0 Å². The Bertz CT molecular complexity index is 347. The van der Waals surface area contributed by atoms with Crippen molar-refractivity contribution in [3.8, 4) is 6.07 Å². The molecule has 2 rings (SSSR count). The fourth-order valence-corrected chi connectivity index (χ4v) is 4.18. The molecule has 2 aliphatic rings. The van der Waals surface area contributed by atoms with Crippen molar-refractivity contribution in [2.24, 2.45) is 16.7 Å². The Morgan fingerprint density at radius 3 is 2.17 bits per heavy atom. The molecule has 0 radical (unpaired) electrons. The summed E-state index contributed by atoms with van der Waals surface area (Å²) in [5.41, 5.74) is -1.00. The summed E-state index contributed by atoms with van der Waals surface area (Å²) < 4.78 is 0. The summed E-state index contributed by atoms with van der Waals surface area (Å²) in [5, 5.41) is 20.7. The molecule has 1 N–H and O–H groups in total. The van der Waals surface area contributed by atoms with Gasteiger partial charge in [-0.2, -0.15) is 5.26 Å². The van der Waals surface area contributed by atoms with Gasteiger partial charge in [-0.05, 0) is 56.3 Å². The van der Waals surface area contributed by atoms with Gasteiger partial charge in [0.2, 0.25) is 0 Å². The number of hydrogen-bond donors (Lipinski definition) is 1. The Labute approximate surface area is 111 Å². The Hall–Kier alpha value is -0.550. The second-order valence-corrected chi connectivity index (χ2v) is 7.42. The van der Waals surface area contributed by atoms with Gasteiger partial charge in [-0.25, -0.2) is 0 Å². The predicted molar refractivity (Wildman–Crippen MR) is 72.9 cm³/mol. The second-order valence-electron chi connectivity index (χ2n) is 7.42. The van der Waals surface area contributed by atoms with E-state index in [1.165, 1.54) is 6.42 Å². The molecule has 2 aliphatic carbocycles. The number of rotatable bonds is 2. The molecule has 0 aromatic carbocycles. The van der Waals surface area contributed by atoms with Gasteiger partial charge in [-0.1, -0.05) is 27.2 Å². The summed E-state index contributed by atoms with van der Waals surface area (Å²) in [6, 6.07) is 2.53. The van der Waals surface area contributed by atoms with E-state index in [0.717, 1.165) is 50.9 Å². The van der Waals surface area contributed by atoms with E-state index in [1.807, 2.05) is 0 Å². The minimum Gasteiger partial charge on any atom is -0.388 e. The highest BCUT2D eigenvalue weighted by Crippen LogP contribution is 2.57. The third-order valence-electron chi connectivity index (χ3n) is 5.63. The summed E-state index contributed by atoms with van der Waals surface area (Å²) in [6.45, 7) is 6.67. The molecule has 18 heavy (non-hydrogen) atoms. The molecule has 0 amide bonds. The highest BCUT2D eigenvalue weighted by atomic mass is 16.3. The molecule has 0 spiro atoms. The first-order valence-electron chi connectivity index (χ1n) is 7.50. The predicted octanol–water partition coefficient (Wildman–Crippen LogP) is 4.04. The van der Waals surface area contributed by atoms with Crippen molar-refractivity contribution in [1.29, 1.82) is 5.26 Å². The van der Waals surface area contributed by atoms with Crippen LogP contribution in [0.1, 0.15) is 72.1 Å². The van der Waals surface area contributed by atoms with Gasteiger partial charge in [0, 0.05) is 0 Å². The minimum atomic E-state index is -0.732. The van der Waals surface area contributed by atoms with Gasteiger partial charge < -0.3 is 5.11 Å². The van der Waals surface area contributed by atoms with Crippen LogP contribution < -0.4 is 0 Å². The normalized spacial score (nSPS) is 43.6. The summed E-state index contributed by atoms with van der Waals surface area (Å²) in [6.07, 6.45) is 7.90. The summed E-state index contributed by atoms with van der Waals surface area (Å²) >= 11 is 0. The lowest BCUT2D eigenvalue weighted by atomic mass is 9.60. The molecule has 102 valence electrons. The zero-order valence-corrected chi connectivity index (χ0v) is 12.1. The average Bonchev–Trinajstić information content (AvgIpc) is 2.65. The first-order valence-corrected chi connectivity index (χ1v) is 7.50. The molecule has 1 atom stereocenters. The third-order valence-corrected chi connectivity index (χ3v) is 5.63. The number of nitrogens with zero attached hydrogens (tertiary/aromatic N) is 1. The van der Waals surface area contributed by atoms with Crippen LogP contribution in [0.3, 0.4) is 0 Å². The topological polar surface area (TPSA) is 44.0 Å². The standard InChI is InChI=1S/C16H27NO/c1-4-13-5-7-15(12-17,8-6-13)16(18)10-9-14(2,3)11-16/h13,18H,4-11H2,1-3H3. The lowest BCUT2D eigenvalue weighted by Gasteiger charge is -2.45. The lowest BCUT2D eigenvalue weighted by molar-refractivity contribution is -0.0788. The van der Waals surface area contributed by atoms with Crippen LogP contribution in [-0.2, 0) is 0 Å². The molecular formula is C16H27NO. The van der Waals surface area contributed by atoms with E-state index in [2.05, 4.69) is 26.8 Å². The molecule has 0 aromatic rings. The van der Waals surface area contributed by atoms with Crippen molar-refractivity contribution < 1.29 is 5.11 Å². The Kier molecular flexibility index (Phi) is 3.49. The van der Waals surface area contributed by atoms with Crippen LogP contribution in [0.4, 0.5) is 0 Å². The van der Waals surface area contributed by atoms with Crippen LogP contribution >= 0.6 is 0 Å². The number of nitriles is 1. The highest BCUT2D eigenvalue weighted by molar-refractivity contribution is 5.16. The maximum absolute atomic E-state index is 11.0. The van der Waals surface area contributed by atoms with Gasteiger partial charge in [0.15, 0.2) is 0 Å². The van der Waals surface area contributed by atoms with Crippen molar-refractivity contribution in [1.82, 2.24) is 0 Å². The highest BCUT2D eigenvalue weighted by Gasteiger charge is 2.56. The molecule has 0 saturated heterocycles. The molecule has 0 heterocycles. The van der Waals surface area contributed by atoms with Gasteiger partial charge in [-0.15, -0.1) is 0 Å². The molecule has 1 unspecified atom stereocenters. The van der Waals surface area contributed by atoms with E-state index in [4.69, 9.17) is 0 Å². The second kappa shape index (κ2) is 4.53. The van der Waals surface area contributed by atoms with Gasteiger partial charge >= 0.3 is 0 Å². The van der Waals surface area contributed by atoms with E-state index in [-0.39, 0.29) is 5.41 Å². The fraction of sp³-hybridized carbons (Fsp3) is 0.938. The van der Waals surface area contributed by atoms with E-state index in [0.29, 0.717) is 0 Å². The lowest BCUT2D eigenvalue weighted by Crippen LogP contribution is -2.48. The number of hydrogen-bond acceptors (Lipinski definition) is 2. The minimum absolute atomic E-state index is 0.195. The van der Waals surface area contributed by atoms with E-state index in [1.54, 1.807) is 0 Å². The van der Waals surface area contributed by atoms with Gasteiger partial charge in [0.25, 0.3) is 0 Å². The van der Waals surface area contributed by atoms with Crippen molar-refractivity contribution in [2.75, 3.05) is 0 Å². The molecule has 0 aliphatic heterocycles. The SMILES string of the molecule is CCC1CCC(C#N)(C2(O)CCC(C)(C)C2)CC1. The summed E-state index contributed by atoms with van der Waals surface area (Å²) in [5.74, 6) is 0.768. The monoisotopic (exact) mass is 249 g/mol. The zero-order chi connectivity index (χ0) is 13.4. The van der Waals surface area contributed by atoms with Crippen LogP contribution in [0.5, 0.6) is 0 Å². The van der Waals surface area contributed by atoms with Crippen LogP contribution in [0, 0.1) is 28.1 Å². The fourth-order valence-electron chi connectivity index (χ4n) is 4.18. The number of aliphatic hydroxyl groups is 1. The Morgan fingerprint density at radius 1 is 1.17 bits per heavy atom. The molecule has 2 saturated carbocycles.